The van der Waals surface area contributed by atoms with Gasteiger partial charge in [-0.1, -0.05) is 13.3 Å². The molecule has 0 aromatic carbocycles. The van der Waals surface area contributed by atoms with Crippen molar-refractivity contribution >= 4 is 11.8 Å². The number of nitrogens with one attached hydrogen (secondary N) is 1. The molecule has 2 rings (SSSR count). The highest BCUT2D eigenvalue weighted by molar-refractivity contribution is 5.76. The Bertz CT molecular complexity index is 405. The molecule has 1 aliphatic heterocycles. The predicted octanol–water partition coefficient (Wildman–Crippen LogP) is 1.69. The average Bonchev–Trinajstić information content (AvgIpc) is 2.87. The monoisotopic (exact) mass is 310 g/mol. The van der Waals surface area contributed by atoms with Crippen LogP contribution in [-0.4, -0.2) is 47.6 Å². The Morgan fingerprint density at radius 1 is 1.27 bits per heavy atom. The van der Waals surface area contributed by atoms with Crippen molar-refractivity contribution in [2.24, 2.45) is 11.3 Å². The summed E-state index contributed by atoms with van der Waals surface area (Å²) >= 11 is 0. The van der Waals surface area contributed by atoms with Gasteiger partial charge in [-0.3, -0.25) is 9.59 Å². The number of likely N-dealkylation sites (tertiary alicyclic amines) is 1. The largest absolute Gasteiger partial charge is 0.396 e. The lowest BCUT2D eigenvalue weighted by atomic mass is 9.85. The maximum atomic E-state index is 12.2. The Balaban J connectivity index is 1.69. The first-order valence-electron chi connectivity index (χ1n) is 8.60. The highest BCUT2D eigenvalue weighted by Gasteiger charge is 2.39. The minimum atomic E-state index is -0.150. The van der Waals surface area contributed by atoms with E-state index < -0.39 is 0 Å². The van der Waals surface area contributed by atoms with Gasteiger partial charge in [0.2, 0.25) is 11.8 Å². The number of hydrogen-bond acceptors (Lipinski definition) is 3. The number of rotatable bonds is 5. The van der Waals surface area contributed by atoms with E-state index in [0.29, 0.717) is 12.3 Å². The molecule has 5 heteroatoms. The third kappa shape index (κ3) is 4.22. The van der Waals surface area contributed by atoms with Crippen LogP contribution in [0.25, 0.3) is 0 Å². The first-order valence-corrected chi connectivity index (χ1v) is 8.60. The second kappa shape index (κ2) is 7.44. The maximum Gasteiger partial charge on any atom is 0.220 e. The molecule has 2 fully saturated rings. The molecule has 0 bridgehead atoms. The Labute approximate surface area is 133 Å². The van der Waals surface area contributed by atoms with E-state index in [4.69, 9.17) is 0 Å². The molecule has 0 aromatic rings. The topological polar surface area (TPSA) is 69.6 Å². The number of carbonyl (C=O) groups excluding carboxylic acids is 2. The van der Waals surface area contributed by atoms with Gasteiger partial charge in [0.1, 0.15) is 0 Å². The summed E-state index contributed by atoms with van der Waals surface area (Å²) in [4.78, 5) is 25.3. The summed E-state index contributed by atoms with van der Waals surface area (Å²) in [6, 6.07) is 0.115. The number of hydrogen-bond donors (Lipinski definition) is 2. The Morgan fingerprint density at radius 2 is 1.95 bits per heavy atom. The first-order chi connectivity index (χ1) is 10.4. The predicted molar refractivity (Wildman–Crippen MR) is 85.2 cm³/mol. The molecule has 2 atom stereocenters. The lowest BCUT2D eigenvalue weighted by molar-refractivity contribution is -0.130. The summed E-state index contributed by atoms with van der Waals surface area (Å²) in [5.74, 6) is 0.815. The van der Waals surface area contributed by atoms with Gasteiger partial charge < -0.3 is 15.3 Å². The molecule has 2 aliphatic rings. The summed E-state index contributed by atoms with van der Waals surface area (Å²) in [5.41, 5.74) is -0.150. The first kappa shape index (κ1) is 17.3. The van der Waals surface area contributed by atoms with E-state index in [1.807, 2.05) is 4.90 Å². The fourth-order valence-corrected chi connectivity index (χ4v) is 3.81. The molecule has 1 heterocycles. The van der Waals surface area contributed by atoms with Crippen molar-refractivity contribution in [3.05, 3.63) is 0 Å². The van der Waals surface area contributed by atoms with Gasteiger partial charge in [-0.2, -0.15) is 0 Å². The lowest BCUT2D eigenvalue weighted by Crippen LogP contribution is -2.45. The van der Waals surface area contributed by atoms with Crippen molar-refractivity contribution in [3.8, 4) is 0 Å². The summed E-state index contributed by atoms with van der Waals surface area (Å²) < 4.78 is 0. The minimum absolute atomic E-state index is 0.112. The van der Waals surface area contributed by atoms with Crippen molar-refractivity contribution in [3.63, 3.8) is 0 Å². The van der Waals surface area contributed by atoms with Crippen molar-refractivity contribution in [1.82, 2.24) is 10.2 Å². The van der Waals surface area contributed by atoms with Crippen LogP contribution in [-0.2, 0) is 9.59 Å². The molecular weight excluding hydrogens is 280 g/mol. The molecule has 0 radical (unpaired) electrons. The summed E-state index contributed by atoms with van der Waals surface area (Å²) in [6.45, 7) is 5.47. The lowest BCUT2D eigenvalue weighted by Gasteiger charge is -2.32. The van der Waals surface area contributed by atoms with Crippen LogP contribution in [0, 0.1) is 11.3 Å². The third-order valence-corrected chi connectivity index (χ3v) is 5.62. The normalized spacial score (nSPS) is 29.6. The van der Waals surface area contributed by atoms with Gasteiger partial charge in [0.15, 0.2) is 0 Å². The van der Waals surface area contributed by atoms with Crippen molar-refractivity contribution < 1.29 is 14.7 Å². The quantitative estimate of drug-likeness (QED) is 0.812. The molecule has 0 spiro atoms. The number of aliphatic hydroxyl groups is 1. The fourth-order valence-electron chi connectivity index (χ4n) is 3.81. The SMILES string of the molecule is CC(=O)N1CCC(CCC(=O)NC2CCCC2(C)CO)CC1. The van der Waals surface area contributed by atoms with Crippen LogP contribution < -0.4 is 5.32 Å². The highest BCUT2D eigenvalue weighted by Crippen LogP contribution is 2.37. The number of amides is 2. The molecule has 2 amide bonds. The third-order valence-electron chi connectivity index (χ3n) is 5.62. The van der Waals surface area contributed by atoms with Crippen molar-refractivity contribution in [2.75, 3.05) is 19.7 Å². The van der Waals surface area contributed by atoms with Crippen LogP contribution >= 0.6 is 0 Å². The zero-order valence-corrected chi connectivity index (χ0v) is 13.9. The van der Waals surface area contributed by atoms with Gasteiger partial charge in [-0.05, 0) is 38.0 Å². The van der Waals surface area contributed by atoms with Crippen LogP contribution in [0.15, 0.2) is 0 Å². The minimum Gasteiger partial charge on any atom is -0.396 e. The smallest absolute Gasteiger partial charge is 0.220 e. The molecule has 1 saturated heterocycles. The van der Waals surface area contributed by atoms with Gasteiger partial charge in [0.25, 0.3) is 0 Å². The van der Waals surface area contributed by atoms with Crippen molar-refractivity contribution in [1.29, 1.82) is 0 Å². The molecule has 1 aliphatic carbocycles. The van der Waals surface area contributed by atoms with E-state index in [0.717, 1.165) is 51.6 Å². The van der Waals surface area contributed by atoms with Gasteiger partial charge in [-0.15, -0.1) is 0 Å². The second-order valence-electron chi connectivity index (χ2n) is 7.31. The molecule has 22 heavy (non-hydrogen) atoms. The highest BCUT2D eigenvalue weighted by atomic mass is 16.3. The molecule has 0 aromatic heterocycles. The molecule has 1 saturated carbocycles. The van der Waals surface area contributed by atoms with Crippen LogP contribution in [0.1, 0.15) is 58.8 Å². The summed E-state index contributed by atoms with van der Waals surface area (Å²) in [7, 11) is 0. The molecule has 5 nitrogen and oxygen atoms in total. The fraction of sp³-hybridized carbons (Fsp3) is 0.882. The van der Waals surface area contributed by atoms with Crippen LogP contribution in [0.4, 0.5) is 0 Å². The van der Waals surface area contributed by atoms with E-state index >= 15 is 0 Å². The zero-order valence-electron chi connectivity index (χ0n) is 13.9. The molecule has 2 unspecified atom stereocenters. The van der Waals surface area contributed by atoms with E-state index in [-0.39, 0.29) is 29.9 Å². The number of carbonyl (C=O) groups is 2. The Kier molecular flexibility index (Phi) is 5.84. The van der Waals surface area contributed by atoms with E-state index in [9.17, 15) is 14.7 Å². The maximum absolute atomic E-state index is 12.2. The van der Waals surface area contributed by atoms with Crippen molar-refractivity contribution in [2.45, 2.75) is 64.8 Å². The van der Waals surface area contributed by atoms with Crippen LogP contribution in [0.2, 0.25) is 0 Å². The van der Waals surface area contributed by atoms with Crippen LogP contribution in [0.3, 0.4) is 0 Å². The standard InChI is InChI=1S/C17H30N2O3/c1-13(21)19-10-7-14(8-11-19)5-6-16(22)18-15-4-3-9-17(15,2)12-20/h14-15,20H,3-12H2,1-2H3,(H,18,22). The van der Waals surface area contributed by atoms with Crippen LogP contribution in [0.5, 0.6) is 0 Å². The Morgan fingerprint density at radius 3 is 2.55 bits per heavy atom. The van der Waals surface area contributed by atoms with E-state index in [2.05, 4.69) is 12.2 Å². The number of piperidine rings is 1. The summed E-state index contributed by atoms with van der Waals surface area (Å²) in [5, 5.41) is 12.7. The number of aliphatic hydroxyl groups excluding tert-OH is 1. The zero-order chi connectivity index (χ0) is 16.2. The molecule has 2 N–H and O–H groups in total. The summed E-state index contributed by atoms with van der Waals surface area (Å²) in [6.07, 6.45) is 6.50. The van der Waals surface area contributed by atoms with E-state index in [1.165, 1.54) is 0 Å². The Hall–Kier alpha value is -1.10. The molecule has 126 valence electrons. The molecular formula is C17H30N2O3. The average molecular weight is 310 g/mol. The van der Waals surface area contributed by atoms with Gasteiger partial charge in [0.05, 0.1) is 6.61 Å². The van der Waals surface area contributed by atoms with E-state index in [1.54, 1.807) is 6.92 Å². The van der Waals surface area contributed by atoms with Gasteiger partial charge in [-0.25, -0.2) is 0 Å². The second-order valence-corrected chi connectivity index (χ2v) is 7.31. The van der Waals surface area contributed by atoms with Gasteiger partial charge in [0, 0.05) is 37.9 Å². The van der Waals surface area contributed by atoms with Gasteiger partial charge >= 0.3 is 0 Å². The number of nitrogens with zero attached hydrogens (tertiary/aromatic N) is 1.